The largest absolute Gasteiger partial charge is 1.00 e. The van der Waals surface area contributed by atoms with E-state index in [1.165, 1.54) is 0 Å². The van der Waals surface area contributed by atoms with Gasteiger partial charge in [0.05, 0.1) is 5.69 Å². The van der Waals surface area contributed by atoms with E-state index in [0.717, 1.165) is 11.3 Å². The molecule has 0 heterocycles. The zero-order valence-electron chi connectivity index (χ0n) is 7.59. The van der Waals surface area contributed by atoms with Crippen LogP contribution in [0.3, 0.4) is 0 Å². The molecular formula is C8H11ClIN4-. The highest BCUT2D eigenvalue weighted by molar-refractivity contribution is 6.30. The van der Waals surface area contributed by atoms with Crippen molar-refractivity contribution >= 4 is 23.2 Å². The zero-order chi connectivity index (χ0) is 9.84. The molecule has 1 aromatic rings. The predicted molar refractivity (Wildman–Crippen MR) is 54.8 cm³/mol. The van der Waals surface area contributed by atoms with Crippen LogP contribution in [0, 0.1) is 6.92 Å². The van der Waals surface area contributed by atoms with E-state index < -0.39 is 0 Å². The standard InChI is InChI=1S/C8H11ClN4.HI/c1-5-4-6(9)2-3-7(5)12-8(10)13-11;/h2-4H,11H2,1H3,(H3,10,12,13);1H/p-1. The fraction of sp³-hybridized carbons (Fsp3) is 0.125. The van der Waals surface area contributed by atoms with Gasteiger partial charge < -0.3 is 29.7 Å². The van der Waals surface area contributed by atoms with Crippen LogP contribution in [0.1, 0.15) is 5.56 Å². The van der Waals surface area contributed by atoms with Gasteiger partial charge in [-0.05, 0) is 30.7 Å². The first-order valence-corrected chi connectivity index (χ1v) is 4.08. The molecule has 0 atom stereocenters. The highest BCUT2D eigenvalue weighted by Crippen LogP contribution is 2.21. The van der Waals surface area contributed by atoms with E-state index in [2.05, 4.69) is 10.4 Å². The molecule has 0 aliphatic rings. The summed E-state index contributed by atoms with van der Waals surface area (Å²) in [5.41, 5.74) is 9.34. The number of halogens is 2. The smallest absolute Gasteiger partial charge is 0.208 e. The minimum Gasteiger partial charge on any atom is -1.00 e. The highest BCUT2D eigenvalue weighted by atomic mass is 127. The summed E-state index contributed by atoms with van der Waals surface area (Å²) >= 11 is 5.77. The number of hydrogen-bond donors (Lipinski definition) is 3. The Balaban J connectivity index is 0.00000169. The summed E-state index contributed by atoms with van der Waals surface area (Å²) in [6.45, 7) is 1.90. The molecule has 14 heavy (non-hydrogen) atoms. The number of aryl methyl sites for hydroxylation is 1. The molecule has 4 nitrogen and oxygen atoms in total. The lowest BCUT2D eigenvalue weighted by molar-refractivity contribution is -0.00000295. The quantitative estimate of drug-likeness (QED) is 0.185. The fourth-order valence-electron chi connectivity index (χ4n) is 0.906. The van der Waals surface area contributed by atoms with Crippen molar-refractivity contribution in [1.82, 2.24) is 5.43 Å². The summed E-state index contributed by atoms with van der Waals surface area (Å²) in [5, 5.41) is 0.677. The normalized spacial score (nSPS) is 10.6. The molecule has 0 saturated carbocycles. The Labute approximate surface area is 105 Å². The molecule has 0 spiro atoms. The van der Waals surface area contributed by atoms with Crippen molar-refractivity contribution in [3.63, 3.8) is 0 Å². The number of nitrogens with two attached hydrogens (primary N) is 2. The molecule has 6 heteroatoms. The van der Waals surface area contributed by atoms with Gasteiger partial charge in [-0.15, -0.1) is 0 Å². The second kappa shape index (κ2) is 6.05. The molecule has 0 unspecified atom stereocenters. The molecular weight excluding hydrogens is 314 g/mol. The van der Waals surface area contributed by atoms with Gasteiger partial charge in [0.25, 0.3) is 0 Å². The first-order valence-electron chi connectivity index (χ1n) is 3.70. The topological polar surface area (TPSA) is 76.4 Å². The second-order valence-electron chi connectivity index (χ2n) is 2.57. The molecule has 0 fully saturated rings. The van der Waals surface area contributed by atoms with Crippen LogP contribution in [0.25, 0.3) is 0 Å². The van der Waals surface area contributed by atoms with Crippen molar-refractivity contribution < 1.29 is 24.0 Å². The van der Waals surface area contributed by atoms with Crippen molar-refractivity contribution in [1.29, 1.82) is 0 Å². The Morgan fingerprint density at radius 1 is 1.50 bits per heavy atom. The number of aliphatic imine (C=N–C) groups is 1. The minimum absolute atomic E-state index is 0. The Morgan fingerprint density at radius 2 is 2.14 bits per heavy atom. The summed E-state index contributed by atoms with van der Waals surface area (Å²) < 4.78 is 0. The number of guanidine groups is 1. The van der Waals surface area contributed by atoms with E-state index in [9.17, 15) is 0 Å². The molecule has 0 saturated heterocycles. The lowest BCUT2D eigenvalue weighted by Crippen LogP contribution is -3.00. The van der Waals surface area contributed by atoms with Crippen molar-refractivity contribution in [2.24, 2.45) is 16.6 Å². The number of hydrogen-bond acceptors (Lipinski definition) is 2. The third-order valence-corrected chi connectivity index (χ3v) is 1.78. The van der Waals surface area contributed by atoms with Crippen LogP contribution in [0.2, 0.25) is 5.02 Å². The van der Waals surface area contributed by atoms with E-state index in [4.69, 9.17) is 23.2 Å². The van der Waals surface area contributed by atoms with Crippen molar-refractivity contribution in [3.8, 4) is 0 Å². The summed E-state index contributed by atoms with van der Waals surface area (Å²) in [4.78, 5) is 4.02. The SMILES string of the molecule is Cc1cc(Cl)ccc1N=C(N)NN.[I-]. The third-order valence-electron chi connectivity index (χ3n) is 1.55. The zero-order valence-corrected chi connectivity index (χ0v) is 10.5. The lowest BCUT2D eigenvalue weighted by atomic mass is 10.2. The summed E-state index contributed by atoms with van der Waals surface area (Å²) in [7, 11) is 0. The van der Waals surface area contributed by atoms with Crippen LogP contribution in [-0.4, -0.2) is 5.96 Å². The van der Waals surface area contributed by atoms with Crippen LogP contribution in [0.4, 0.5) is 5.69 Å². The number of benzene rings is 1. The van der Waals surface area contributed by atoms with E-state index in [-0.39, 0.29) is 29.9 Å². The van der Waals surface area contributed by atoms with Gasteiger partial charge in [-0.25, -0.2) is 10.8 Å². The molecule has 0 aromatic heterocycles. The maximum absolute atomic E-state index is 5.77. The monoisotopic (exact) mass is 325 g/mol. The van der Waals surface area contributed by atoms with E-state index in [1.807, 2.05) is 13.0 Å². The summed E-state index contributed by atoms with van der Waals surface area (Å²) in [6, 6.07) is 5.34. The summed E-state index contributed by atoms with van der Waals surface area (Å²) in [5.74, 6) is 5.24. The molecule has 5 N–H and O–H groups in total. The molecule has 0 aliphatic carbocycles. The van der Waals surface area contributed by atoms with Gasteiger partial charge in [-0.3, -0.25) is 5.43 Å². The van der Waals surface area contributed by atoms with E-state index in [0.29, 0.717) is 5.02 Å². The second-order valence-corrected chi connectivity index (χ2v) is 3.01. The van der Waals surface area contributed by atoms with Crippen LogP contribution in [0.5, 0.6) is 0 Å². The van der Waals surface area contributed by atoms with Gasteiger partial charge >= 0.3 is 0 Å². The van der Waals surface area contributed by atoms with Gasteiger partial charge in [0.2, 0.25) is 5.96 Å². The first-order chi connectivity index (χ1) is 6.13. The number of nitrogens with one attached hydrogen (secondary N) is 1. The van der Waals surface area contributed by atoms with Crippen molar-refractivity contribution in [2.75, 3.05) is 0 Å². The lowest BCUT2D eigenvalue weighted by Gasteiger charge is -2.02. The number of rotatable bonds is 1. The van der Waals surface area contributed by atoms with E-state index in [1.54, 1.807) is 12.1 Å². The van der Waals surface area contributed by atoms with Gasteiger partial charge in [0.1, 0.15) is 0 Å². The van der Waals surface area contributed by atoms with Crippen molar-refractivity contribution in [2.45, 2.75) is 6.92 Å². The molecule has 1 aromatic carbocycles. The molecule has 0 amide bonds. The maximum atomic E-state index is 5.77. The predicted octanol–water partition coefficient (Wildman–Crippen LogP) is -1.94. The van der Waals surface area contributed by atoms with Gasteiger partial charge in [0.15, 0.2) is 0 Å². The van der Waals surface area contributed by atoms with Gasteiger partial charge in [-0.2, -0.15) is 0 Å². The average molecular weight is 326 g/mol. The molecule has 0 aliphatic heterocycles. The number of hydrazine groups is 1. The Morgan fingerprint density at radius 3 is 2.64 bits per heavy atom. The Hall–Kier alpha value is -0.530. The fourth-order valence-corrected chi connectivity index (χ4v) is 1.13. The molecule has 1 rings (SSSR count). The Kier molecular flexibility index (Phi) is 5.82. The molecule has 0 radical (unpaired) electrons. The first kappa shape index (κ1) is 13.5. The van der Waals surface area contributed by atoms with E-state index >= 15 is 0 Å². The van der Waals surface area contributed by atoms with Crippen molar-refractivity contribution in [3.05, 3.63) is 28.8 Å². The maximum Gasteiger partial charge on any atom is 0.208 e. The van der Waals surface area contributed by atoms with Gasteiger partial charge in [0, 0.05) is 5.02 Å². The average Bonchev–Trinajstić information content (AvgIpc) is 2.09. The van der Waals surface area contributed by atoms with Crippen LogP contribution in [-0.2, 0) is 0 Å². The summed E-state index contributed by atoms with van der Waals surface area (Å²) in [6.07, 6.45) is 0. The Bertz CT molecular complexity index is 340. The molecule has 0 bridgehead atoms. The molecule has 78 valence electrons. The third kappa shape index (κ3) is 3.69. The van der Waals surface area contributed by atoms with Crippen LogP contribution in [0.15, 0.2) is 23.2 Å². The minimum atomic E-state index is 0. The highest BCUT2D eigenvalue weighted by Gasteiger charge is 1.97. The van der Waals surface area contributed by atoms with Crippen LogP contribution < -0.4 is 41.0 Å². The van der Waals surface area contributed by atoms with Gasteiger partial charge in [-0.1, -0.05) is 11.6 Å². The van der Waals surface area contributed by atoms with Crippen LogP contribution >= 0.6 is 11.6 Å². The number of nitrogens with zero attached hydrogens (tertiary/aromatic N) is 1.